The molecule has 2 aliphatic rings. The molecule has 3 unspecified atom stereocenters. The Balaban J connectivity index is 1.75. The molecular formula is C15H26O4Si. The quantitative estimate of drug-likeness (QED) is 0.314. The van der Waals surface area contributed by atoms with Gasteiger partial charge in [0.15, 0.2) is 0 Å². The summed E-state index contributed by atoms with van der Waals surface area (Å²) in [6, 6.07) is 0.843. The molecule has 2 bridgehead atoms. The van der Waals surface area contributed by atoms with Crippen molar-refractivity contribution in [3.63, 3.8) is 0 Å². The van der Waals surface area contributed by atoms with Gasteiger partial charge in [-0.15, -0.1) is 0 Å². The second-order valence-electron chi connectivity index (χ2n) is 6.39. The van der Waals surface area contributed by atoms with Crippen LogP contribution < -0.4 is 0 Å². The highest BCUT2D eigenvalue weighted by Gasteiger charge is 2.51. The van der Waals surface area contributed by atoms with E-state index in [4.69, 9.17) is 13.6 Å². The number of fused-ring (bicyclic) bond motifs is 2. The summed E-state index contributed by atoms with van der Waals surface area (Å²) in [7, 11) is 1.33. The van der Waals surface area contributed by atoms with Gasteiger partial charge in [-0.3, -0.25) is 4.79 Å². The number of esters is 1. The van der Waals surface area contributed by atoms with Gasteiger partial charge in [-0.1, -0.05) is 12.2 Å². The molecule has 0 aliphatic heterocycles. The highest BCUT2D eigenvalue weighted by Crippen LogP contribution is 2.52. The maximum atomic E-state index is 12.3. The van der Waals surface area contributed by atoms with Crippen molar-refractivity contribution in [1.82, 2.24) is 0 Å². The van der Waals surface area contributed by atoms with E-state index >= 15 is 0 Å². The van der Waals surface area contributed by atoms with E-state index in [0.29, 0.717) is 18.4 Å². The highest BCUT2D eigenvalue weighted by molar-refractivity contribution is 6.65. The monoisotopic (exact) mass is 298 g/mol. The van der Waals surface area contributed by atoms with Crippen molar-refractivity contribution >= 4 is 14.5 Å². The van der Waals surface area contributed by atoms with Crippen molar-refractivity contribution in [2.75, 3.05) is 20.8 Å². The van der Waals surface area contributed by atoms with Gasteiger partial charge in [0, 0.05) is 14.2 Å². The normalized spacial score (nSPS) is 31.8. The molecule has 4 nitrogen and oxygen atoms in total. The van der Waals surface area contributed by atoms with Crippen LogP contribution in [0.3, 0.4) is 0 Å². The number of carbonyl (C=O) groups is 1. The highest BCUT2D eigenvalue weighted by atomic mass is 28.4. The predicted molar refractivity (Wildman–Crippen MR) is 79.5 cm³/mol. The van der Waals surface area contributed by atoms with Gasteiger partial charge >= 0.3 is 14.5 Å². The number of carbonyl (C=O) groups excluding carboxylic acids is 1. The van der Waals surface area contributed by atoms with E-state index in [1.165, 1.54) is 0 Å². The maximum Gasteiger partial charge on any atom is 0.334 e. The molecule has 0 aromatic carbocycles. The van der Waals surface area contributed by atoms with E-state index < -0.39 is 8.56 Å². The van der Waals surface area contributed by atoms with Crippen molar-refractivity contribution in [3.8, 4) is 0 Å². The van der Waals surface area contributed by atoms with Gasteiger partial charge in [0.1, 0.15) is 0 Å². The van der Waals surface area contributed by atoms with Crippen LogP contribution in [0.2, 0.25) is 12.6 Å². The van der Waals surface area contributed by atoms with Crippen LogP contribution in [0.15, 0.2) is 12.2 Å². The molecule has 0 heterocycles. The molecule has 2 aliphatic carbocycles. The topological polar surface area (TPSA) is 44.8 Å². The zero-order valence-electron chi connectivity index (χ0n) is 13.0. The summed E-state index contributed by atoms with van der Waals surface area (Å²) in [6.07, 6.45) is 7.29. The molecule has 0 aromatic rings. The first-order valence-electron chi connectivity index (χ1n) is 7.39. The Labute approximate surface area is 122 Å². The minimum Gasteiger partial charge on any atom is -0.465 e. The summed E-state index contributed by atoms with van der Waals surface area (Å²) in [6.45, 7) is 4.54. The van der Waals surface area contributed by atoms with Gasteiger partial charge in [0.25, 0.3) is 0 Å². The second kappa shape index (κ2) is 5.99. The summed E-state index contributed by atoms with van der Waals surface area (Å²) in [4.78, 5) is 12.3. The van der Waals surface area contributed by atoms with Crippen molar-refractivity contribution in [2.24, 2.45) is 17.3 Å². The fourth-order valence-electron chi connectivity index (χ4n) is 3.34. The number of rotatable bonds is 7. The average molecular weight is 298 g/mol. The molecule has 1 saturated carbocycles. The molecule has 2 rings (SSSR count). The van der Waals surface area contributed by atoms with Crippen LogP contribution in [-0.4, -0.2) is 35.4 Å². The Morgan fingerprint density at radius 2 is 2.05 bits per heavy atom. The van der Waals surface area contributed by atoms with Crippen LogP contribution in [0.4, 0.5) is 0 Å². The molecule has 0 radical (unpaired) electrons. The van der Waals surface area contributed by atoms with Crippen LogP contribution >= 0.6 is 0 Å². The van der Waals surface area contributed by atoms with E-state index in [-0.39, 0.29) is 11.4 Å². The lowest BCUT2D eigenvalue weighted by Crippen LogP contribution is -2.37. The summed E-state index contributed by atoms with van der Waals surface area (Å²) < 4.78 is 16.3. The molecule has 114 valence electrons. The Bertz CT molecular complexity index is 391. The van der Waals surface area contributed by atoms with Gasteiger partial charge in [-0.2, -0.15) is 0 Å². The SMILES string of the molecule is CO[Si](C)(CCCOC(=O)C1(C)CC2C=CC1C2)OC. The lowest BCUT2D eigenvalue weighted by molar-refractivity contribution is -0.156. The van der Waals surface area contributed by atoms with E-state index in [9.17, 15) is 4.79 Å². The molecule has 0 amide bonds. The molecule has 0 saturated heterocycles. The first-order valence-corrected chi connectivity index (χ1v) is 9.92. The summed E-state index contributed by atoms with van der Waals surface area (Å²) in [5, 5.41) is 0. The number of ether oxygens (including phenoxy) is 1. The average Bonchev–Trinajstić information content (AvgIpc) is 3.03. The van der Waals surface area contributed by atoms with Gasteiger partial charge < -0.3 is 13.6 Å². The lowest BCUT2D eigenvalue weighted by atomic mass is 9.78. The van der Waals surface area contributed by atoms with E-state index in [1.807, 2.05) is 13.5 Å². The first-order chi connectivity index (χ1) is 9.43. The molecule has 0 spiro atoms. The van der Waals surface area contributed by atoms with Crippen LogP contribution in [0, 0.1) is 17.3 Å². The van der Waals surface area contributed by atoms with Crippen molar-refractivity contribution in [1.29, 1.82) is 0 Å². The zero-order chi connectivity index (χ0) is 14.8. The third-order valence-electron chi connectivity index (χ3n) is 5.02. The van der Waals surface area contributed by atoms with Gasteiger partial charge in [-0.05, 0) is 50.6 Å². The largest absolute Gasteiger partial charge is 0.465 e. The van der Waals surface area contributed by atoms with Crippen molar-refractivity contribution < 1.29 is 18.4 Å². The summed E-state index contributed by atoms with van der Waals surface area (Å²) in [5.41, 5.74) is -0.303. The van der Waals surface area contributed by atoms with Crippen LogP contribution in [-0.2, 0) is 18.4 Å². The molecule has 1 fully saturated rings. The molecule has 3 atom stereocenters. The number of hydrogen-bond donors (Lipinski definition) is 0. The van der Waals surface area contributed by atoms with E-state index in [0.717, 1.165) is 25.3 Å². The third-order valence-corrected chi connectivity index (χ3v) is 8.00. The second-order valence-corrected chi connectivity index (χ2v) is 9.97. The molecule has 5 heteroatoms. The maximum absolute atomic E-state index is 12.3. The van der Waals surface area contributed by atoms with Crippen molar-refractivity contribution in [2.45, 2.75) is 38.8 Å². The smallest absolute Gasteiger partial charge is 0.334 e. The van der Waals surface area contributed by atoms with Crippen LogP contribution in [0.25, 0.3) is 0 Å². The molecular weight excluding hydrogens is 272 g/mol. The van der Waals surface area contributed by atoms with E-state index in [1.54, 1.807) is 14.2 Å². The number of hydrogen-bond acceptors (Lipinski definition) is 4. The van der Waals surface area contributed by atoms with Crippen LogP contribution in [0.5, 0.6) is 0 Å². The first kappa shape index (κ1) is 15.7. The van der Waals surface area contributed by atoms with Crippen LogP contribution in [0.1, 0.15) is 26.2 Å². The Hall–Kier alpha value is -0.653. The van der Waals surface area contributed by atoms with E-state index in [2.05, 4.69) is 12.2 Å². The fraction of sp³-hybridized carbons (Fsp3) is 0.800. The van der Waals surface area contributed by atoms with Crippen molar-refractivity contribution in [3.05, 3.63) is 12.2 Å². The minimum absolute atomic E-state index is 0.0347. The Morgan fingerprint density at radius 3 is 2.55 bits per heavy atom. The fourth-order valence-corrected chi connectivity index (χ4v) is 4.70. The molecule has 20 heavy (non-hydrogen) atoms. The number of allylic oxidation sites excluding steroid dienone is 2. The zero-order valence-corrected chi connectivity index (χ0v) is 14.0. The molecule has 0 aromatic heterocycles. The third kappa shape index (κ3) is 2.99. The van der Waals surface area contributed by atoms with Gasteiger partial charge in [0.2, 0.25) is 0 Å². The standard InChI is InChI=1S/C15H26O4Si/c1-15(11-12-6-7-13(15)10-12)14(16)19-8-5-9-20(4,17-2)18-3/h6-7,12-13H,5,8-11H2,1-4H3. The molecule has 0 N–H and O–H groups in total. The Kier molecular flexibility index (Phi) is 4.72. The Morgan fingerprint density at radius 1 is 1.35 bits per heavy atom. The predicted octanol–water partition coefficient (Wildman–Crippen LogP) is 2.89. The van der Waals surface area contributed by atoms with Gasteiger partial charge in [0.05, 0.1) is 12.0 Å². The summed E-state index contributed by atoms with van der Waals surface area (Å²) >= 11 is 0. The minimum atomic E-state index is -2.04. The lowest BCUT2D eigenvalue weighted by Gasteiger charge is -2.29. The van der Waals surface area contributed by atoms with Gasteiger partial charge in [-0.25, -0.2) is 0 Å². The summed E-state index contributed by atoms with van der Waals surface area (Å²) in [5.74, 6) is 0.917.